The Balaban J connectivity index is 2.86. The molecule has 0 spiro atoms. The predicted octanol–water partition coefficient (Wildman–Crippen LogP) is 0.149. The highest BCUT2D eigenvalue weighted by Crippen LogP contribution is 2.18. The van der Waals surface area contributed by atoms with Gasteiger partial charge in [-0.3, -0.25) is 4.90 Å². The van der Waals surface area contributed by atoms with Crippen LogP contribution in [0.4, 0.5) is 0 Å². The second-order valence-corrected chi connectivity index (χ2v) is 5.52. The van der Waals surface area contributed by atoms with Crippen molar-refractivity contribution >= 4 is 12.6 Å². The molecule has 0 unspecified atom stereocenters. The molecule has 0 aliphatic carbocycles. The Morgan fingerprint density at radius 3 is 2.38 bits per heavy atom. The van der Waals surface area contributed by atoms with Crippen LogP contribution in [-0.2, 0) is 6.54 Å². The van der Waals surface area contributed by atoms with Gasteiger partial charge in [0.1, 0.15) is 5.75 Å². The number of ether oxygens (including phenoxy) is 1. The van der Waals surface area contributed by atoms with Gasteiger partial charge in [0, 0.05) is 25.2 Å². The van der Waals surface area contributed by atoms with E-state index < -0.39 is 7.12 Å². The third-order valence-corrected chi connectivity index (χ3v) is 3.40. The van der Waals surface area contributed by atoms with Crippen LogP contribution in [0.15, 0.2) is 18.2 Å². The first kappa shape index (κ1) is 18.0. The van der Waals surface area contributed by atoms with E-state index in [4.69, 9.17) is 4.74 Å². The molecule has 0 saturated carbocycles. The van der Waals surface area contributed by atoms with Gasteiger partial charge < -0.3 is 19.7 Å². The maximum atomic E-state index is 9.32. The van der Waals surface area contributed by atoms with Crippen molar-refractivity contribution < 1.29 is 14.8 Å². The highest BCUT2D eigenvalue weighted by atomic mass is 16.5. The van der Waals surface area contributed by atoms with Crippen LogP contribution in [0.2, 0.25) is 0 Å². The molecule has 1 rings (SSSR count). The molecule has 0 aliphatic rings. The molecule has 0 radical (unpaired) electrons. The molecule has 2 N–H and O–H groups in total. The molecule has 6 heteroatoms. The molecule has 0 atom stereocenters. The van der Waals surface area contributed by atoms with Gasteiger partial charge >= 0.3 is 7.12 Å². The minimum Gasteiger partial charge on any atom is -0.496 e. The molecule has 1 aromatic carbocycles. The molecule has 0 bridgehead atoms. The quantitative estimate of drug-likeness (QED) is 0.635. The second-order valence-electron chi connectivity index (χ2n) is 5.52. The Kier molecular flexibility index (Phi) is 7.74. The molecule has 0 heterocycles. The van der Waals surface area contributed by atoms with Crippen LogP contribution in [0.3, 0.4) is 0 Å². The summed E-state index contributed by atoms with van der Waals surface area (Å²) in [6, 6.07) is 5.28. The van der Waals surface area contributed by atoms with Crippen molar-refractivity contribution in [2.75, 3.05) is 40.8 Å². The van der Waals surface area contributed by atoms with Gasteiger partial charge in [-0.15, -0.1) is 0 Å². The molecule has 1 aromatic rings. The molecule has 0 saturated heterocycles. The lowest BCUT2D eigenvalue weighted by Crippen LogP contribution is -2.33. The number of methoxy groups -OCH3 is 1. The molecule has 0 fully saturated rings. The van der Waals surface area contributed by atoms with Crippen molar-refractivity contribution in [3.05, 3.63) is 23.8 Å². The van der Waals surface area contributed by atoms with Crippen molar-refractivity contribution in [3.8, 4) is 5.75 Å². The van der Waals surface area contributed by atoms with E-state index in [2.05, 4.69) is 30.8 Å². The zero-order valence-electron chi connectivity index (χ0n) is 13.5. The molecular formula is C15H27BN2O3. The molecule has 0 amide bonds. The van der Waals surface area contributed by atoms with E-state index in [1.807, 2.05) is 6.07 Å². The Morgan fingerprint density at radius 2 is 1.86 bits per heavy atom. The average molecular weight is 294 g/mol. The van der Waals surface area contributed by atoms with Crippen molar-refractivity contribution in [3.63, 3.8) is 0 Å². The minimum absolute atomic E-state index is 0.495. The van der Waals surface area contributed by atoms with Gasteiger partial charge in [0.05, 0.1) is 7.11 Å². The number of nitrogens with zero attached hydrogens (tertiary/aromatic N) is 2. The van der Waals surface area contributed by atoms with E-state index in [0.717, 1.165) is 43.9 Å². The zero-order valence-corrected chi connectivity index (χ0v) is 13.5. The average Bonchev–Trinajstić information content (AvgIpc) is 2.44. The van der Waals surface area contributed by atoms with E-state index in [1.54, 1.807) is 19.2 Å². The van der Waals surface area contributed by atoms with Gasteiger partial charge in [0.2, 0.25) is 0 Å². The third kappa shape index (κ3) is 6.05. The zero-order chi connectivity index (χ0) is 15.8. The van der Waals surface area contributed by atoms with Crippen LogP contribution < -0.4 is 10.2 Å². The minimum atomic E-state index is -1.45. The Morgan fingerprint density at radius 1 is 1.14 bits per heavy atom. The highest BCUT2D eigenvalue weighted by molar-refractivity contribution is 6.58. The highest BCUT2D eigenvalue weighted by Gasteiger charge is 2.15. The maximum Gasteiger partial charge on any atom is 0.488 e. The Hall–Kier alpha value is -1.08. The number of hydrogen-bond acceptors (Lipinski definition) is 5. The molecule has 118 valence electrons. The summed E-state index contributed by atoms with van der Waals surface area (Å²) in [4.78, 5) is 4.51. The van der Waals surface area contributed by atoms with Crippen LogP contribution in [0.1, 0.15) is 18.9 Å². The first-order valence-corrected chi connectivity index (χ1v) is 7.38. The van der Waals surface area contributed by atoms with Gasteiger partial charge in [-0.25, -0.2) is 0 Å². The van der Waals surface area contributed by atoms with Crippen LogP contribution >= 0.6 is 0 Å². The summed E-state index contributed by atoms with van der Waals surface area (Å²) >= 11 is 0. The Labute approximate surface area is 128 Å². The van der Waals surface area contributed by atoms with E-state index in [9.17, 15) is 10.0 Å². The molecule has 0 aliphatic heterocycles. The SMILES string of the molecule is CCCN(CCN(C)C)Cc1cc(B(O)O)ccc1OC. The summed E-state index contributed by atoms with van der Waals surface area (Å²) in [5, 5.41) is 18.6. The van der Waals surface area contributed by atoms with Gasteiger partial charge in [0.25, 0.3) is 0 Å². The first-order valence-electron chi connectivity index (χ1n) is 7.38. The van der Waals surface area contributed by atoms with Crippen molar-refractivity contribution in [2.45, 2.75) is 19.9 Å². The number of benzene rings is 1. The van der Waals surface area contributed by atoms with E-state index in [0.29, 0.717) is 5.46 Å². The van der Waals surface area contributed by atoms with Gasteiger partial charge in [-0.05, 0) is 38.6 Å². The maximum absolute atomic E-state index is 9.32. The molecule has 0 aromatic heterocycles. The summed E-state index contributed by atoms with van der Waals surface area (Å²) in [5.41, 5.74) is 1.48. The summed E-state index contributed by atoms with van der Waals surface area (Å²) in [6.45, 7) is 5.86. The smallest absolute Gasteiger partial charge is 0.488 e. The van der Waals surface area contributed by atoms with E-state index >= 15 is 0 Å². The monoisotopic (exact) mass is 294 g/mol. The fourth-order valence-electron chi connectivity index (χ4n) is 2.25. The normalized spacial score (nSPS) is 11.2. The molecular weight excluding hydrogens is 267 g/mol. The van der Waals surface area contributed by atoms with Crippen LogP contribution in [0, 0.1) is 0 Å². The summed E-state index contributed by atoms with van der Waals surface area (Å²) in [7, 11) is 4.31. The standard InChI is InChI=1S/C15H27BN2O3/c1-5-8-18(10-9-17(2)3)12-13-11-14(16(19)20)6-7-15(13)21-4/h6-7,11,19-20H,5,8-10,12H2,1-4H3. The third-order valence-electron chi connectivity index (χ3n) is 3.40. The fraction of sp³-hybridized carbons (Fsp3) is 0.600. The summed E-state index contributed by atoms with van der Waals surface area (Å²) < 4.78 is 5.38. The molecule has 21 heavy (non-hydrogen) atoms. The number of likely N-dealkylation sites (N-methyl/N-ethyl adjacent to an activating group) is 1. The van der Waals surface area contributed by atoms with Gasteiger partial charge in [0.15, 0.2) is 0 Å². The summed E-state index contributed by atoms with van der Waals surface area (Å²) in [5.74, 6) is 0.783. The van der Waals surface area contributed by atoms with E-state index in [1.165, 1.54) is 0 Å². The lowest BCUT2D eigenvalue weighted by atomic mass is 9.79. The van der Waals surface area contributed by atoms with Crippen molar-refractivity contribution in [1.82, 2.24) is 9.80 Å². The fourth-order valence-corrected chi connectivity index (χ4v) is 2.25. The van der Waals surface area contributed by atoms with Crippen molar-refractivity contribution in [1.29, 1.82) is 0 Å². The van der Waals surface area contributed by atoms with Crippen molar-refractivity contribution in [2.24, 2.45) is 0 Å². The first-order chi connectivity index (χ1) is 9.97. The van der Waals surface area contributed by atoms with E-state index in [-0.39, 0.29) is 0 Å². The topological polar surface area (TPSA) is 56.2 Å². The number of rotatable bonds is 9. The molecule has 5 nitrogen and oxygen atoms in total. The van der Waals surface area contributed by atoms with Gasteiger partial charge in [-0.2, -0.15) is 0 Å². The predicted molar refractivity (Wildman–Crippen MR) is 86.9 cm³/mol. The van der Waals surface area contributed by atoms with Crippen LogP contribution in [-0.4, -0.2) is 67.8 Å². The Bertz CT molecular complexity index is 427. The van der Waals surface area contributed by atoms with Gasteiger partial charge in [-0.1, -0.05) is 19.1 Å². The number of hydrogen-bond donors (Lipinski definition) is 2. The lowest BCUT2D eigenvalue weighted by molar-refractivity contribution is 0.231. The summed E-state index contributed by atoms with van der Waals surface area (Å²) in [6.07, 6.45) is 1.08. The lowest BCUT2D eigenvalue weighted by Gasteiger charge is -2.24. The van der Waals surface area contributed by atoms with Crippen LogP contribution in [0.25, 0.3) is 0 Å². The largest absolute Gasteiger partial charge is 0.496 e. The van der Waals surface area contributed by atoms with Crippen LogP contribution in [0.5, 0.6) is 5.75 Å². The second kappa shape index (κ2) is 9.05.